The van der Waals surface area contributed by atoms with Crippen LogP contribution in [0, 0.1) is 5.92 Å². The maximum atomic E-state index is 12.9. The minimum absolute atomic E-state index is 0.236. The summed E-state index contributed by atoms with van der Waals surface area (Å²) in [5.41, 5.74) is 0.739. The zero-order valence-electron chi connectivity index (χ0n) is 17.0. The Hall–Kier alpha value is -1.96. The molecule has 0 bridgehead atoms. The fourth-order valence-corrected chi connectivity index (χ4v) is 8.26. The highest BCUT2D eigenvalue weighted by Crippen LogP contribution is 2.38. The van der Waals surface area contributed by atoms with Crippen molar-refractivity contribution in [2.75, 3.05) is 13.4 Å². The van der Waals surface area contributed by atoms with Gasteiger partial charge >= 0.3 is 5.97 Å². The van der Waals surface area contributed by atoms with E-state index in [1.54, 1.807) is 6.92 Å². The minimum Gasteiger partial charge on any atom is -0.469 e. The first-order valence-corrected chi connectivity index (χ1v) is 14.0. The molecule has 0 aromatic heterocycles. The standard InChI is InChI=1S/C21H28O5SSi/c1-16(26-27(3,23)24)19(21(22)25-2)20(17-12-8-6-9-13-17)28(4,5)18-14-10-7-11-15-18/h6-16,19-20H,1-5H3/t16-,19-,20-/m0/s1. The molecule has 0 radical (unpaired) electrons. The largest absolute Gasteiger partial charge is 0.469 e. The maximum absolute atomic E-state index is 12.9. The van der Waals surface area contributed by atoms with E-state index < -0.39 is 36.2 Å². The fraction of sp³-hybridized carbons (Fsp3) is 0.381. The Morgan fingerprint density at radius 3 is 1.93 bits per heavy atom. The van der Waals surface area contributed by atoms with E-state index in [1.165, 1.54) is 12.3 Å². The van der Waals surface area contributed by atoms with Gasteiger partial charge in [0.25, 0.3) is 10.1 Å². The number of benzene rings is 2. The average Bonchev–Trinajstić information content (AvgIpc) is 2.65. The van der Waals surface area contributed by atoms with Crippen molar-refractivity contribution >= 4 is 29.3 Å². The first-order chi connectivity index (χ1) is 13.1. The quantitative estimate of drug-likeness (QED) is 0.373. The molecule has 0 aliphatic carbocycles. The Labute approximate surface area is 168 Å². The molecule has 0 saturated heterocycles. The lowest BCUT2D eigenvalue weighted by atomic mass is 9.94. The van der Waals surface area contributed by atoms with Gasteiger partial charge in [-0.25, -0.2) is 0 Å². The van der Waals surface area contributed by atoms with Crippen molar-refractivity contribution < 1.29 is 22.1 Å². The summed E-state index contributed by atoms with van der Waals surface area (Å²) < 4.78 is 33.9. The lowest BCUT2D eigenvalue weighted by Gasteiger charge is -2.39. The monoisotopic (exact) mass is 420 g/mol. The third-order valence-corrected chi connectivity index (χ3v) is 9.84. The summed E-state index contributed by atoms with van der Waals surface area (Å²) in [5.74, 6) is -1.23. The first kappa shape index (κ1) is 22.3. The third kappa shape index (κ3) is 5.30. The van der Waals surface area contributed by atoms with Gasteiger partial charge in [0.15, 0.2) is 0 Å². The molecule has 2 aromatic rings. The zero-order valence-corrected chi connectivity index (χ0v) is 18.8. The summed E-state index contributed by atoms with van der Waals surface area (Å²) >= 11 is 0. The van der Waals surface area contributed by atoms with Crippen molar-refractivity contribution in [3.8, 4) is 0 Å². The van der Waals surface area contributed by atoms with Crippen molar-refractivity contribution in [2.24, 2.45) is 5.92 Å². The van der Waals surface area contributed by atoms with E-state index in [4.69, 9.17) is 8.92 Å². The van der Waals surface area contributed by atoms with Crippen LogP contribution in [-0.2, 0) is 23.8 Å². The van der Waals surface area contributed by atoms with Crippen molar-refractivity contribution in [1.29, 1.82) is 0 Å². The van der Waals surface area contributed by atoms with Gasteiger partial charge < -0.3 is 4.74 Å². The highest BCUT2D eigenvalue weighted by atomic mass is 32.2. The number of carbonyl (C=O) groups excluding carboxylic acids is 1. The molecule has 0 unspecified atom stereocenters. The molecule has 0 amide bonds. The van der Waals surface area contributed by atoms with Crippen LogP contribution in [-0.4, -0.2) is 41.9 Å². The Morgan fingerprint density at radius 2 is 1.46 bits per heavy atom. The highest BCUT2D eigenvalue weighted by molar-refractivity contribution is 7.86. The van der Waals surface area contributed by atoms with Crippen LogP contribution in [0.25, 0.3) is 0 Å². The number of ether oxygens (including phenoxy) is 1. The highest BCUT2D eigenvalue weighted by Gasteiger charge is 2.46. The normalized spacial score (nSPS) is 15.5. The van der Waals surface area contributed by atoms with Gasteiger partial charge in [0.2, 0.25) is 0 Å². The van der Waals surface area contributed by atoms with Crippen molar-refractivity contribution in [1.82, 2.24) is 0 Å². The van der Waals surface area contributed by atoms with Gasteiger partial charge in [0, 0.05) is 0 Å². The fourth-order valence-electron chi connectivity index (χ4n) is 3.85. The van der Waals surface area contributed by atoms with Crippen molar-refractivity contribution in [3.05, 3.63) is 66.2 Å². The third-order valence-electron chi connectivity index (χ3n) is 5.12. The van der Waals surface area contributed by atoms with Crippen LogP contribution in [0.2, 0.25) is 13.1 Å². The second-order valence-corrected chi connectivity index (χ2v) is 13.8. The van der Waals surface area contributed by atoms with Gasteiger partial charge in [-0.3, -0.25) is 8.98 Å². The van der Waals surface area contributed by atoms with Crippen LogP contribution >= 0.6 is 0 Å². The summed E-state index contributed by atoms with van der Waals surface area (Å²) in [6.45, 7) is 5.99. The molecule has 0 saturated carbocycles. The number of rotatable bonds is 8. The molecule has 28 heavy (non-hydrogen) atoms. The summed E-state index contributed by atoms with van der Waals surface area (Å²) in [6, 6.07) is 19.8. The van der Waals surface area contributed by atoms with E-state index in [9.17, 15) is 13.2 Å². The molecule has 2 rings (SSSR count). The number of hydrogen-bond donors (Lipinski definition) is 0. The van der Waals surface area contributed by atoms with E-state index >= 15 is 0 Å². The molecule has 0 aliphatic rings. The predicted octanol–water partition coefficient (Wildman–Crippen LogP) is 3.08. The molecule has 0 fully saturated rings. The second kappa shape index (κ2) is 9.02. The Kier molecular flexibility index (Phi) is 7.20. The molecule has 2 aromatic carbocycles. The Balaban J connectivity index is 2.65. The summed E-state index contributed by atoms with van der Waals surface area (Å²) in [5, 5.41) is 1.17. The van der Waals surface area contributed by atoms with Crippen molar-refractivity contribution in [2.45, 2.75) is 31.7 Å². The number of carbonyl (C=O) groups is 1. The minimum atomic E-state index is -3.73. The summed E-state index contributed by atoms with van der Waals surface area (Å²) in [4.78, 5) is 12.9. The molecule has 0 heterocycles. The molecule has 5 nitrogen and oxygen atoms in total. The lowest BCUT2D eigenvalue weighted by Crippen LogP contribution is -2.54. The molecule has 0 spiro atoms. The van der Waals surface area contributed by atoms with Gasteiger partial charge in [0.05, 0.1) is 33.5 Å². The smallest absolute Gasteiger partial charge is 0.311 e. The molecule has 0 N–H and O–H groups in total. The SMILES string of the molecule is COC(=O)[C@@H]([C@H](C)OS(C)(=O)=O)[C@H](c1ccccc1)[Si](C)(C)c1ccccc1. The number of esters is 1. The first-order valence-electron chi connectivity index (χ1n) is 9.14. The molecule has 0 aliphatic heterocycles. The van der Waals surface area contributed by atoms with Crippen LogP contribution in [0.15, 0.2) is 60.7 Å². The van der Waals surface area contributed by atoms with Gasteiger partial charge in [-0.15, -0.1) is 0 Å². The van der Waals surface area contributed by atoms with E-state index in [1.807, 2.05) is 48.5 Å². The molecule has 7 heteroatoms. The summed E-state index contributed by atoms with van der Waals surface area (Å²) in [7, 11) is -4.71. The van der Waals surface area contributed by atoms with Gasteiger partial charge in [-0.1, -0.05) is 78.9 Å². The summed E-state index contributed by atoms with van der Waals surface area (Å²) in [6.07, 6.45) is 0.137. The maximum Gasteiger partial charge on any atom is 0.311 e. The van der Waals surface area contributed by atoms with Gasteiger partial charge in [-0.05, 0) is 18.0 Å². The average molecular weight is 421 g/mol. The second-order valence-electron chi connectivity index (χ2n) is 7.53. The van der Waals surface area contributed by atoms with Crippen LogP contribution in [0.5, 0.6) is 0 Å². The van der Waals surface area contributed by atoms with Crippen LogP contribution < -0.4 is 5.19 Å². The topological polar surface area (TPSA) is 69.7 Å². The predicted molar refractivity (Wildman–Crippen MR) is 114 cm³/mol. The zero-order chi connectivity index (χ0) is 20.9. The van der Waals surface area contributed by atoms with Crippen LogP contribution in [0.4, 0.5) is 0 Å². The molecular formula is C21H28O5SSi. The Morgan fingerprint density at radius 1 is 0.964 bits per heavy atom. The van der Waals surface area contributed by atoms with Gasteiger partial charge in [-0.2, -0.15) is 8.42 Å². The van der Waals surface area contributed by atoms with Crippen molar-refractivity contribution in [3.63, 3.8) is 0 Å². The van der Waals surface area contributed by atoms with E-state index in [-0.39, 0.29) is 5.54 Å². The lowest BCUT2D eigenvalue weighted by molar-refractivity contribution is -0.148. The molecular weight excluding hydrogens is 392 g/mol. The van der Waals surface area contributed by atoms with E-state index in [2.05, 4.69) is 25.2 Å². The van der Waals surface area contributed by atoms with Crippen LogP contribution in [0.3, 0.4) is 0 Å². The van der Waals surface area contributed by atoms with Crippen LogP contribution in [0.1, 0.15) is 18.0 Å². The Bertz CT molecular complexity index is 882. The number of methoxy groups -OCH3 is 1. The van der Waals surface area contributed by atoms with E-state index in [0.717, 1.165) is 11.8 Å². The van der Waals surface area contributed by atoms with E-state index in [0.29, 0.717) is 0 Å². The molecule has 3 atom stereocenters. The van der Waals surface area contributed by atoms with Gasteiger partial charge in [0.1, 0.15) is 0 Å². The number of hydrogen-bond acceptors (Lipinski definition) is 5. The molecule has 152 valence electrons.